The topological polar surface area (TPSA) is 81.2 Å². The molecule has 0 aliphatic rings. The van der Waals surface area contributed by atoms with Gasteiger partial charge < -0.3 is 10.1 Å². The van der Waals surface area contributed by atoms with Gasteiger partial charge in [-0.2, -0.15) is 0 Å². The Morgan fingerprint density at radius 3 is 2.73 bits per heavy atom. The summed E-state index contributed by atoms with van der Waals surface area (Å²) in [5.74, 6) is -0.649. The molecule has 114 valence electrons. The minimum absolute atomic E-state index is 0.128. The van der Waals surface area contributed by atoms with Crippen LogP contribution in [0.4, 0.5) is 5.69 Å². The van der Waals surface area contributed by atoms with E-state index in [1.807, 2.05) is 0 Å². The van der Waals surface area contributed by atoms with Gasteiger partial charge in [-0.05, 0) is 24.3 Å². The third-order valence-corrected chi connectivity index (χ3v) is 3.74. The number of halogens is 1. The molecule has 1 aromatic heterocycles. The Morgan fingerprint density at radius 2 is 2.05 bits per heavy atom. The fourth-order valence-electron chi connectivity index (χ4n) is 1.54. The lowest BCUT2D eigenvalue weighted by Gasteiger charge is -2.08. The molecule has 0 spiro atoms. The molecule has 0 saturated heterocycles. The smallest absolute Gasteiger partial charge is 0.337 e. The molecule has 0 aliphatic carbocycles. The van der Waals surface area contributed by atoms with Crippen LogP contribution in [-0.2, 0) is 9.53 Å². The molecule has 1 aromatic carbocycles. The number of hydrogen-bond acceptors (Lipinski definition) is 6. The number of nitrogens with one attached hydrogen (secondary N) is 1. The van der Waals surface area contributed by atoms with Crippen molar-refractivity contribution in [3.8, 4) is 0 Å². The van der Waals surface area contributed by atoms with E-state index in [1.165, 1.54) is 37.1 Å². The van der Waals surface area contributed by atoms with Gasteiger partial charge in [0.25, 0.3) is 0 Å². The molecule has 22 heavy (non-hydrogen) atoms. The minimum atomic E-state index is -0.501. The third kappa shape index (κ3) is 4.44. The number of hydrogen-bond donors (Lipinski definition) is 1. The fraction of sp³-hybridized carbons (Fsp3) is 0.143. The van der Waals surface area contributed by atoms with Gasteiger partial charge in [-0.25, -0.2) is 14.8 Å². The summed E-state index contributed by atoms with van der Waals surface area (Å²) in [6, 6.07) is 6.21. The SMILES string of the molecule is COC(=O)c1ccc(Cl)c(NC(=O)CSc2ncccn2)c1. The van der Waals surface area contributed by atoms with Gasteiger partial charge in [-0.15, -0.1) is 0 Å². The Kier molecular flexibility index (Phi) is 5.74. The molecule has 0 atom stereocenters. The first-order valence-corrected chi connectivity index (χ1v) is 7.54. The molecular formula is C14H12ClN3O3S. The Bertz CT molecular complexity index is 682. The van der Waals surface area contributed by atoms with Crippen molar-refractivity contribution in [2.24, 2.45) is 0 Å². The second-order valence-electron chi connectivity index (χ2n) is 4.05. The minimum Gasteiger partial charge on any atom is -0.465 e. The number of anilines is 1. The fourth-order valence-corrected chi connectivity index (χ4v) is 2.31. The summed E-state index contributed by atoms with van der Waals surface area (Å²) in [5.41, 5.74) is 0.658. The van der Waals surface area contributed by atoms with Gasteiger partial charge in [0.2, 0.25) is 5.91 Å². The Labute approximate surface area is 136 Å². The molecule has 0 unspecified atom stereocenters. The second kappa shape index (κ2) is 7.77. The summed E-state index contributed by atoms with van der Waals surface area (Å²) in [7, 11) is 1.28. The number of ether oxygens (including phenoxy) is 1. The van der Waals surface area contributed by atoms with Crippen molar-refractivity contribution in [3.63, 3.8) is 0 Å². The number of rotatable bonds is 5. The zero-order valence-corrected chi connectivity index (χ0v) is 13.1. The van der Waals surface area contributed by atoms with Crippen LogP contribution in [0.5, 0.6) is 0 Å². The molecule has 1 heterocycles. The number of aromatic nitrogens is 2. The Hall–Kier alpha value is -2.12. The molecule has 8 heteroatoms. The average molecular weight is 338 g/mol. The van der Waals surface area contributed by atoms with E-state index >= 15 is 0 Å². The van der Waals surface area contributed by atoms with Crippen molar-refractivity contribution in [2.75, 3.05) is 18.2 Å². The summed E-state index contributed by atoms with van der Waals surface area (Å²) in [5, 5.41) is 3.49. The summed E-state index contributed by atoms with van der Waals surface area (Å²) in [4.78, 5) is 31.4. The highest BCUT2D eigenvalue weighted by molar-refractivity contribution is 7.99. The number of methoxy groups -OCH3 is 1. The van der Waals surface area contributed by atoms with Crippen LogP contribution >= 0.6 is 23.4 Å². The number of carbonyl (C=O) groups excluding carboxylic acids is 2. The molecule has 1 amide bonds. The van der Waals surface area contributed by atoms with E-state index in [9.17, 15) is 9.59 Å². The lowest BCUT2D eigenvalue weighted by Crippen LogP contribution is -2.15. The highest BCUT2D eigenvalue weighted by Crippen LogP contribution is 2.24. The van der Waals surface area contributed by atoms with Crippen LogP contribution in [0.3, 0.4) is 0 Å². The molecule has 2 rings (SSSR count). The number of esters is 1. The van der Waals surface area contributed by atoms with Crippen LogP contribution < -0.4 is 5.32 Å². The first-order valence-electron chi connectivity index (χ1n) is 6.17. The van der Waals surface area contributed by atoms with Crippen LogP contribution in [0.15, 0.2) is 41.8 Å². The summed E-state index contributed by atoms with van der Waals surface area (Å²) in [6.45, 7) is 0. The first-order chi connectivity index (χ1) is 10.6. The van der Waals surface area contributed by atoms with E-state index in [4.69, 9.17) is 11.6 Å². The van der Waals surface area contributed by atoms with Crippen LogP contribution in [0.2, 0.25) is 5.02 Å². The number of carbonyl (C=O) groups is 2. The van der Waals surface area contributed by atoms with Crippen molar-refractivity contribution in [1.29, 1.82) is 0 Å². The van der Waals surface area contributed by atoms with E-state index in [1.54, 1.807) is 18.5 Å². The Balaban J connectivity index is 2.00. The van der Waals surface area contributed by atoms with Crippen LogP contribution in [0.1, 0.15) is 10.4 Å². The molecule has 6 nitrogen and oxygen atoms in total. The third-order valence-electron chi connectivity index (χ3n) is 2.54. The van der Waals surface area contributed by atoms with Gasteiger partial charge in [0.05, 0.1) is 29.1 Å². The second-order valence-corrected chi connectivity index (χ2v) is 5.40. The van der Waals surface area contributed by atoms with Crippen molar-refractivity contribution in [2.45, 2.75) is 5.16 Å². The highest BCUT2D eigenvalue weighted by atomic mass is 35.5. The summed E-state index contributed by atoms with van der Waals surface area (Å²) in [6.07, 6.45) is 3.20. The van der Waals surface area contributed by atoms with Gasteiger partial charge in [0, 0.05) is 12.4 Å². The summed E-state index contributed by atoms with van der Waals surface area (Å²) >= 11 is 7.21. The van der Waals surface area contributed by atoms with Gasteiger partial charge in [0.1, 0.15) is 0 Å². The first kappa shape index (κ1) is 16.3. The van der Waals surface area contributed by atoms with E-state index in [0.29, 0.717) is 21.4 Å². The van der Waals surface area contributed by atoms with Crippen LogP contribution in [0, 0.1) is 0 Å². The largest absolute Gasteiger partial charge is 0.465 e. The van der Waals surface area contributed by atoms with Crippen LogP contribution in [0.25, 0.3) is 0 Å². The molecule has 0 aliphatic heterocycles. The van der Waals surface area contributed by atoms with E-state index in [0.717, 1.165) is 0 Å². The maximum absolute atomic E-state index is 11.9. The summed E-state index contributed by atoms with van der Waals surface area (Å²) < 4.78 is 4.63. The van der Waals surface area contributed by atoms with Gasteiger partial charge in [0.15, 0.2) is 5.16 Å². The highest BCUT2D eigenvalue weighted by Gasteiger charge is 2.12. The Morgan fingerprint density at radius 1 is 1.32 bits per heavy atom. The van der Waals surface area contributed by atoms with Crippen molar-refractivity contribution >= 4 is 40.9 Å². The maximum Gasteiger partial charge on any atom is 0.337 e. The standard InChI is InChI=1S/C14H12ClN3O3S/c1-21-13(20)9-3-4-10(15)11(7-9)18-12(19)8-22-14-16-5-2-6-17-14/h2-7H,8H2,1H3,(H,18,19). The maximum atomic E-state index is 11.9. The number of amides is 1. The lowest BCUT2D eigenvalue weighted by atomic mass is 10.2. The zero-order chi connectivity index (χ0) is 15.9. The van der Waals surface area contributed by atoms with Crippen molar-refractivity contribution < 1.29 is 14.3 Å². The molecule has 1 N–H and O–H groups in total. The molecule has 0 bridgehead atoms. The predicted octanol–water partition coefficient (Wildman–Crippen LogP) is 2.65. The van der Waals surface area contributed by atoms with E-state index in [-0.39, 0.29) is 11.7 Å². The van der Waals surface area contributed by atoms with Crippen LogP contribution in [-0.4, -0.2) is 34.7 Å². The molecule has 0 radical (unpaired) electrons. The zero-order valence-electron chi connectivity index (χ0n) is 11.6. The van der Waals surface area contributed by atoms with Gasteiger partial charge in [-0.1, -0.05) is 23.4 Å². The molecule has 0 saturated carbocycles. The van der Waals surface area contributed by atoms with E-state index in [2.05, 4.69) is 20.0 Å². The number of thioether (sulfide) groups is 1. The number of benzene rings is 1. The number of nitrogens with zero attached hydrogens (tertiary/aromatic N) is 2. The van der Waals surface area contributed by atoms with Gasteiger partial charge >= 0.3 is 5.97 Å². The predicted molar refractivity (Wildman–Crippen MR) is 84.2 cm³/mol. The van der Waals surface area contributed by atoms with E-state index < -0.39 is 5.97 Å². The van der Waals surface area contributed by atoms with Crippen molar-refractivity contribution in [3.05, 3.63) is 47.2 Å². The molecule has 2 aromatic rings. The van der Waals surface area contributed by atoms with Gasteiger partial charge in [-0.3, -0.25) is 4.79 Å². The quantitative estimate of drug-likeness (QED) is 0.513. The molecular weight excluding hydrogens is 326 g/mol. The lowest BCUT2D eigenvalue weighted by molar-refractivity contribution is -0.113. The molecule has 0 fully saturated rings. The van der Waals surface area contributed by atoms with Crippen molar-refractivity contribution in [1.82, 2.24) is 9.97 Å². The average Bonchev–Trinajstić information content (AvgIpc) is 2.55. The monoisotopic (exact) mass is 337 g/mol. The normalized spacial score (nSPS) is 10.1.